The zero-order valence-corrected chi connectivity index (χ0v) is 16.7. The van der Waals surface area contributed by atoms with E-state index in [4.69, 9.17) is 4.74 Å². The molecule has 2 fully saturated rings. The highest BCUT2D eigenvalue weighted by atomic mass is 16.5. The minimum absolute atomic E-state index is 0.0947. The van der Waals surface area contributed by atoms with E-state index < -0.39 is 0 Å². The van der Waals surface area contributed by atoms with E-state index in [2.05, 4.69) is 43.3 Å². The monoisotopic (exact) mass is 378 g/mol. The number of benzene rings is 2. The van der Waals surface area contributed by atoms with Crippen LogP contribution in [-0.4, -0.2) is 29.5 Å². The molecule has 0 radical (unpaired) electrons. The lowest BCUT2D eigenvalue weighted by molar-refractivity contribution is -0.0606. The van der Waals surface area contributed by atoms with E-state index in [1.165, 1.54) is 16.7 Å². The van der Waals surface area contributed by atoms with E-state index in [1.54, 1.807) is 7.11 Å². The first kappa shape index (κ1) is 18.2. The van der Waals surface area contributed by atoms with Gasteiger partial charge in [0.1, 0.15) is 5.75 Å². The number of rotatable bonds is 2. The Morgan fingerprint density at radius 1 is 1.07 bits per heavy atom. The van der Waals surface area contributed by atoms with Crippen molar-refractivity contribution >= 4 is 0 Å². The lowest BCUT2D eigenvalue weighted by atomic mass is 9.51. The fourth-order valence-electron chi connectivity index (χ4n) is 6.99. The van der Waals surface area contributed by atoms with Crippen molar-refractivity contribution in [1.29, 1.82) is 0 Å². The number of phenols is 1. The number of hydrogen-bond acceptors (Lipinski definition) is 3. The number of methoxy groups -OCH3 is 1. The molecular formula is C25H30O3. The van der Waals surface area contributed by atoms with Crippen LogP contribution in [-0.2, 0) is 11.2 Å². The molecule has 28 heavy (non-hydrogen) atoms. The predicted octanol–water partition coefficient (Wildman–Crippen LogP) is 4.63. The summed E-state index contributed by atoms with van der Waals surface area (Å²) in [5.41, 5.74) is 4.18. The van der Waals surface area contributed by atoms with Gasteiger partial charge in [0, 0.05) is 7.11 Å². The Morgan fingerprint density at radius 3 is 2.61 bits per heavy atom. The molecule has 0 heterocycles. The van der Waals surface area contributed by atoms with Crippen molar-refractivity contribution in [3.8, 4) is 5.75 Å². The minimum atomic E-state index is -0.378. The van der Waals surface area contributed by atoms with Crippen LogP contribution >= 0.6 is 0 Å². The number of hydrogen-bond donors (Lipinski definition) is 2. The first-order chi connectivity index (χ1) is 13.5. The van der Waals surface area contributed by atoms with Gasteiger partial charge in [-0.2, -0.15) is 0 Å². The topological polar surface area (TPSA) is 49.7 Å². The third kappa shape index (κ3) is 2.63. The van der Waals surface area contributed by atoms with Crippen molar-refractivity contribution in [1.82, 2.24) is 0 Å². The zero-order valence-electron chi connectivity index (χ0n) is 16.7. The third-order valence-corrected chi connectivity index (χ3v) is 8.05. The molecule has 0 aromatic heterocycles. The number of ether oxygens (including phenoxy) is 1. The summed E-state index contributed by atoms with van der Waals surface area (Å²) in [5.74, 6) is 1.98. The summed E-state index contributed by atoms with van der Waals surface area (Å²) in [6.45, 7) is 2.37. The van der Waals surface area contributed by atoms with E-state index in [0.717, 1.165) is 25.7 Å². The second-order valence-corrected chi connectivity index (χ2v) is 9.48. The van der Waals surface area contributed by atoms with Crippen LogP contribution in [0.15, 0.2) is 48.5 Å². The summed E-state index contributed by atoms with van der Waals surface area (Å²) in [7, 11) is 1.76. The molecule has 148 valence electrons. The Bertz CT molecular complexity index is 863. The van der Waals surface area contributed by atoms with Gasteiger partial charge < -0.3 is 14.9 Å². The molecule has 5 rings (SSSR count). The van der Waals surface area contributed by atoms with Crippen molar-refractivity contribution in [3.05, 3.63) is 65.2 Å². The first-order valence-electron chi connectivity index (χ1n) is 10.6. The number of aliphatic hydroxyl groups is 1. The normalized spacial score (nSPS) is 39.1. The van der Waals surface area contributed by atoms with Gasteiger partial charge in [0.25, 0.3) is 0 Å². The van der Waals surface area contributed by atoms with Crippen LogP contribution < -0.4 is 0 Å². The highest BCUT2D eigenvalue weighted by Crippen LogP contribution is 2.64. The summed E-state index contributed by atoms with van der Waals surface area (Å²) >= 11 is 0. The van der Waals surface area contributed by atoms with Gasteiger partial charge in [-0.15, -0.1) is 0 Å². The number of phenolic OH excluding ortho intramolecular Hbond substituents is 1. The average molecular weight is 379 g/mol. The highest BCUT2D eigenvalue weighted by molar-refractivity contribution is 5.43. The second kappa shape index (κ2) is 6.60. The molecule has 2 N–H and O–H groups in total. The summed E-state index contributed by atoms with van der Waals surface area (Å²) in [4.78, 5) is 0. The van der Waals surface area contributed by atoms with Gasteiger partial charge >= 0.3 is 0 Å². The zero-order chi connectivity index (χ0) is 19.5. The molecule has 0 bridgehead atoms. The molecule has 3 aliphatic rings. The maximum atomic E-state index is 10.8. The van der Waals surface area contributed by atoms with E-state index in [-0.39, 0.29) is 17.6 Å². The molecule has 2 aromatic rings. The Kier molecular flexibility index (Phi) is 4.29. The minimum Gasteiger partial charge on any atom is -0.508 e. The van der Waals surface area contributed by atoms with Crippen LogP contribution in [0.1, 0.15) is 54.7 Å². The van der Waals surface area contributed by atoms with E-state index in [0.29, 0.717) is 29.4 Å². The smallest absolute Gasteiger partial charge is 0.115 e. The van der Waals surface area contributed by atoms with E-state index in [9.17, 15) is 10.2 Å². The largest absolute Gasteiger partial charge is 0.508 e. The van der Waals surface area contributed by atoms with Gasteiger partial charge in [-0.1, -0.05) is 43.3 Å². The van der Waals surface area contributed by atoms with Crippen molar-refractivity contribution in [2.24, 2.45) is 17.3 Å². The number of aromatic hydroxyl groups is 1. The Balaban J connectivity index is 1.67. The van der Waals surface area contributed by atoms with E-state index in [1.807, 2.05) is 12.1 Å². The maximum Gasteiger partial charge on any atom is 0.115 e. The lowest BCUT2D eigenvalue weighted by Crippen LogP contribution is -2.47. The van der Waals surface area contributed by atoms with Crippen molar-refractivity contribution in [2.45, 2.75) is 56.7 Å². The quantitative estimate of drug-likeness (QED) is 0.801. The molecule has 3 nitrogen and oxygen atoms in total. The maximum absolute atomic E-state index is 10.8. The van der Waals surface area contributed by atoms with E-state index >= 15 is 0 Å². The van der Waals surface area contributed by atoms with Gasteiger partial charge in [-0.3, -0.25) is 0 Å². The molecule has 2 aromatic carbocycles. The molecule has 3 aliphatic carbocycles. The summed E-state index contributed by atoms with van der Waals surface area (Å²) in [5, 5.41) is 20.9. The fourth-order valence-corrected chi connectivity index (χ4v) is 6.99. The molecule has 2 saturated carbocycles. The lowest BCUT2D eigenvalue weighted by Gasteiger charge is -2.53. The van der Waals surface area contributed by atoms with Crippen LogP contribution in [0.5, 0.6) is 5.75 Å². The SMILES string of the molecule is CO[C@H]1[C@H]2[C@H]3[C@H](CC[C@]2(C)C[C@H]1O)c1ccc(O)cc1C[C@H]3c1ccccc1. The van der Waals surface area contributed by atoms with Crippen molar-refractivity contribution < 1.29 is 14.9 Å². The van der Waals surface area contributed by atoms with Crippen LogP contribution in [0.4, 0.5) is 0 Å². The predicted molar refractivity (Wildman–Crippen MR) is 109 cm³/mol. The molecule has 0 amide bonds. The van der Waals surface area contributed by atoms with Crippen molar-refractivity contribution in [2.75, 3.05) is 7.11 Å². The molecule has 7 atom stereocenters. The van der Waals surface area contributed by atoms with Crippen LogP contribution in [0.2, 0.25) is 0 Å². The van der Waals surface area contributed by atoms with Crippen LogP contribution in [0.25, 0.3) is 0 Å². The Morgan fingerprint density at radius 2 is 1.86 bits per heavy atom. The van der Waals surface area contributed by atoms with Gasteiger partial charge in [-0.25, -0.2) is 0 Å². The number of aliphatic hydroxyl groups excluding tert-OH is 1. The fraction of sp³-hybridized carbons (Fsp3) is 0.520. The van der Waals surface area contributed by atoms with Crippen LogP contribution in [0, 0.1) is 17.3 Å². The molecule has 3 heteroatoms. The molecular weight excluding hydrogens is 348 g/mol. The molecule has 0 spiro atoms. The molecule has 0 aliphatic heterocycles. The van der Waals surface area contributed by atoms with Crippen LogP contribution in [0.3, 0.4) is 0 Å². The van der Waals surface area contributed by atoms with Gasteiger partial charge in [-0.05, 0) is 83.6 Å². The van der Waals surface area contributed by atoms with Gasteiger partial charge in [0.15, 0.2) is 0 Å². The van der Waals surface area contributed by atoms with Gasteiger partial charge in [0.05, 0.1) is 12.2 Å². The number of fused-ring (bicyclic) bond motifs is 5. The van der Waals surface area contributed by atoms with Crippen molar-refractivity contribution in [3.63, 3.8) is 0 Å². The molecule has 0 saturated heterocycles. The third-order valence-electron chi connectivity index (χ3n) is 8.05. The Labute approximate surface area is 167 Å². The Hall–Kier alpha value is -1.84. The summed E-state index contributed by atoms with van der Waals surface area (Å²) in [6, 6.07) is 16.8. The summed E-state index contributed by atoms with van der Waals surface area (Å²) < 4.78 is 5.91. The summed E-state index contributed by atoms with van der Waals surface area (Å²) in [6.07, 6.45) is 3.57. The van der Waals surface area contributed by atoms with Gasteiger partial charge in [0.2, 0.25) is 0 Å². The molecule has 0 unspecified atom stereocenters. The highest BCUT2D eigenvalue weighted by Gasteiger charge is 2.60. The first-order valence-corrected chi connectivity index (χ1v) is 10.6. The average Bonchev–Trinajstić information content (AvgIpc) is 2.96. The second-order valence-electron chi connectivity index (χ2n) is 9.48. The standard InChI is InChI=1S/C25H30O3/c1-25-11-10-19-18-9-8-17(26)12-16(18)13-20(15-6-4-3-5-7-15)22(19)23(25)24(28-2)21(27)14-25/h3-9,12,19-24,26-27H,10-11,13-14H2,1-2H3/t19-,20+,21-,22+,23-,24-,25-/m1/s1.